The fraction of sp³-hybridized carbons (Fsp3) is 0.500. The van der Waals surface area contributed by atoms with Crippen molar-refractivity contribution in [3.8, 4) is 0 Å². The molecule has 0 saturated carbocycles. The van der Waals surface area contributed by atoms with E-state index >= 15 is 0 Å². The summed E-state index contributed by atoms with van der Waals surface area (Å²) >= 11 is 1.61. The molecule has 3 rings (SSSR count). The number of aryl methyl sites for hydroxylation is 1. The van der Waals surface area contributed by atoms with Crippen LogP contribution in [0.25, 0.3) is 0 Å². The van der Waals surface area contributed by atoms with E-state index in [1.165, 1.54) is 12.0 Å². The molecular weight excluding hydrogens is 334 g/mol. The Hall–Kier alpha value is -1.86. The maximum Gasteiger partial charge on any atom is 0.237 e. The van der Waals surface area contributed by atoms with Crippen LogP contribution in [0.4, 0.5) is 0 Å². The molecule has 0 radical (unpaired) electrons. The molecule has 25 heavy (non-hydrogen) atoms. The molecule has 1 aliphatic rings. The van der Waals surface area contributed by atoms with Crippen LogP contribution in [0, 0.1) is 0 Å². The number of hydrogen-bond acceptors (Lipinski definition) is 5. The molecule has 1 N–H and O–H groups in total. The zero-order chi connectivity index (χ0) is 17.5. The molecule has 7 heteroatoms. The van der Waals surface area contributed by atoms with Crippen molar-refractivity contribution in [3.63, 3.8) is 0 Å². The number of carbonyl (C=O) groups excluding carboxylic acids is 1. The molecule has 6 nitrogen and oxygen atoms in total. The second-order valence-corrected chi connectivity index (χ2v) is 7.39. The van der Waals surface area contributed by atoms with Gasteiger partial charge in [-0.2, -0.15) is 0 Å². The summed E-state index contributed by atoms with van der Waals surface area (Å²) in [5, 5.41) is 11.9. The Balaban J connectivity index is 1.48. The van der Waals surface area contributed by atoms with Gasteiger partial charge in [-0.25, -0.2) is 0 Å². The molecule has 0 aliphatic carbocycles. The first-order chi connectivity index (χ1) is 12.2. The van der Waals surface area contributed by atoms with Crippen LogP contribution in [0.3, 0.4) is 0 Å². The van der Waals surface area contributed by atoms with Crippen LogP contribution < -0.4 is 5.32 Å². The van der Waals surface area contributed by atoms with Gasteiger partial charge in [0.15, 0.2) is 5.16 Å². The van der Waals surface area contributed by atoms with Crippen LogP contribution in [0.2, 0.25) is 0 Å². The predicted molar refractivity (Wildman–Crippen MR) is 99.2 cm³/mol. The average Bonchev–Trinajstić information content (AvgIpc) is 3.05. The first-order valence-electron chi connectivity index (χ1n) is 8.76. The molecule has 1 amide bonds. The van der Waals surface area contributed by atoms with Crippen LogP contribution in [0.1, 0.15) is 24.8 Å². The highest BCUT2D eigenvalue weighted by molar-refractivity contribution is 7.99. The number of piperidine rings is 1. The number of rotatable bonds is 7. The van der Waals surface area contributed by atoms with Gasteiger partial charge in [-0.15, -0.1) is 10.2 Å². The molecule has 0 spiro atoms. The Kier molecular flexibility index (Phi) is 6.47. The van der Waals surface area contributed by atoms with Crippen molar-refractivity contribution in [2.45, 2.75) is 37.0 Å². The van der Waals surface area contributed by atoms with Crippen molar-refractivity contribution >= 4 is 17.7 Å². The lowest BCUT2D eigenvalue weighted by Crippen LogP contribution is -2.49. The summed E-state index contributed by atoms with van der Waals surface area (Å²) < 4.78 is 1.88. The summed E-state index contributed by atoms with van der Waals surface area (Å²) in [7, 11) is 1.92. The fourth-order valence-electron chi connectivity index (χ4n) is 3.13. The Morgan fingerprint density at radius 2 is 2.16 bits per heavy atom. The van der Waals surface area contributed by atoms with Gasteiger partial charge in [0, 0.05) is 25.9 Å². The number of benzene rings is 1. The molecule has 1 aliphatic heterocycles. The van der Waals surface area contributed by atoms with Gasteiger partial charge >= 0.3 is 0 Å². The smallest absolute Gasteiger partial charge is 0.237 e. The average molecular weight is 359 g/mol. The monoisotopic (exact) mass is 359 g/mol. The molecule has 1 aromatic carbocycles. The highest BCUT2D eigenvalue weighted by Gasteiger charge is 2.28. The molecule has 2 heterocycles. The van der Waals surface area contributed by atoms with Gasteiger partial charge in [0.05, 0.1) is 6.04 Å². The van der Waals surface area contributed by atoms with Crippen molar-refractivity contribution in [2.75, 3.05) is 18.8 Å². The van der Waals surface area contributed by atoms with Crippen LogP contribution >= 0.6 is 11.8 Å². The molecule has 1 aromatic heterocycles. The number of likely N-dealkylation sites (tertiary alicyclic amines) is 1. The van der Waals surface area contributed by atoms with Crippen LogP contribution in [-0.2, 0) is 18.4 Å². The molecule has 1 saturated heterocycles. The van der Waals surface area contributed by atoms with E-state index in [4.69, 9.17) is 0 Å². The maximum absolute atomic E-state index is 12.6. The minimum atomic E-state index is -0.0196. The SMILES string of the molecule is Cn1cnnc1SCCNC(=O)[C@@H]1CCCCN1Cc1ccccc1. The second-order valence-electron chi connectivity index (χ2n) is 6.33. The summed E-state index contributed by atoms with van der Waals surface area (Å²) in [4.78, 5) is 14.9. The summed E-state index contributed by atoms with van der Waals surface area (Å²) in [6.45, 7) is 2.47. The van der Waals surface area contributed by atoms with Gasteiger partial charge in [0.1, 0.15) is 6.33 Å². The number of nitrogens with zero attached hydrogens (tertiary/aromatic N) is 4. The predicted octanol–water partition coefficient (Wildman–Crippen LogP) is 2.08. The van der Waals surface area contributed by atoms with E-state index in [0.29, 0.717) is 6.54 Å². The van der Waals surface area contributed by atoms with Crippen molar-refractivity contribution < 1.29 is 4.79 Å². The molecule has 1 fully saturated rings. The Morgan fingerprint density at radius 3 is 2.92 bits per heavy atom. The molecule has 134 valence electrons. The van der Waals surface area contributed by atoms with E-state index in [1.54, 1.807) is 18.1 Å². The van der Waals surface area contributed by atoms with Crippen molar-refractivity contribution in [1.82, 2.24) is 25.0 Å². The normalized spacial score (nSPS) is 18.2. The number of carbonyl (C=O) groups is 1. The van der Waals surface area contributed by atoms with Crippen molar-refractivity contribution in [3.05, 3.63) is 42.2 Å². The van der Waals surface area contributed by atoms with E-state index in [1.807, 2.05) is 17.7 Å². The third kappa shape index (κ3) is 5.06. The van der Waals surface area contributed by atoms with E-state index < -0.39 is 0 Å². The standard InChI is InChI=1S/C18H25N5OS/c1-22-14-20-21-18(22)25-12-10-19-17(24)16-9-5-6-11-23(16)13-15-7-3-2-4-8-15/h2-4,7-8,14,16H,5-6,9-13H2,1H3,(H,19,24)/t16-/m0/s1. The van der Waals surface area contributed by atoms with E-state index in [-0.39, 0.29) is 11.9 Å². The Morgan fingerprint density at radius 1 is 1.32 bits per heavy atom. The minimum absolute atomic E-state index is 0.0196. The lowest BCUT2D eigenvalue weighted by atomic mass is 10.0. The van der Waals surface area contributed by atoms with E-state index in [9.17, 15) is 4.79 Å². The van der Waals surface area contributed by atoms with Gasteiger partial charge in [0.25, 0.3) is 0 Å². The van der Waals surface area contributed by atoms with Crippen LogP contribution in [0.15, 0.2) is 41.8 Å². The van der Waals surface area contributed by atoms with Gasteiger partial charge < -0.3 is 9.88 Å². The maximum atomic E-state index is 12.6. The number of thioether (sulfide) groups is 1. The first-order valence-corrected chi connectivity index (χ1v) is 9.75. The van der Waals surface area contributed by atoms with Crippen molar-refractivity contribution in [2.24, 2.45) is 7.05 Å². The van der Waals surface area contributed by atoms with Gasteiger partial charge in [-0.05, 0) is 24.9 Å². The zero-order valence-electron chi connectivity index (χ0n) is 14.6. The fourth-order valence-corrected chi connectivity index (χ4v) is 3.88. The summed E-state index contributed by atoms with van der Waals surface area (Å²) in [6, 6.07) is 10.4. The highest BCUT2D eigenvalue weighted by atomic mass is 32.2. The third-order valence-electron chi connectivity index (χ3n) is 4.45. The molecule has 2 aromatic rings. The lowest BCUT2D eigenvalue weighted by Gasteiger charge is -2.34. The largest absolute Gasteiger partial charge is 0.354 e. The number of amides is 1. The van der Waals surface area contributed by atoms with E-state index in [2.05, 4.69) is 44.7 Å². The zero-order valence-corrected chi connectivity index (χ0v) is 15.4. The molecule has 0 unspecified atom stereocenters. The van der Waals surface area contributed by atoms with E-state index in [0.717, 1.165) is 36.8 Å². The molecular formula is C18H25N5OS. The van der Waals surface area contributed by atoms with Gasteiger partial charge in [0.2, 0.25) is 5.91 Å². The third-order valence-corrected chi connectivity index (χ3v) is 5.48. The molecule has 0 bridgehead atoms. The summed E-state index contributed by atoms with van der Waals surface area (Å²) in [6.07, 6.45) is 4.91. The lowest BCUT2D eigenvalue weighted by molar-refractivity contribution is -0.127. The van der Waals surface area contributed by atoms with Crippen LogP contribution in [0.5, 0.6) is 0 Å². The summed E-state index contributed by atoms with van der Waals surface area (Å²) in [5.74, 6) is 0.943. The summed E-state index contributed by atoms with van der Waals surface area (Å²) in [5.41, 5.74) is 1.26. The minimum Gasteiger partial charge on any atom is -0.354 e. The number of aromatic nitrogens is 3. The van der Waals surface area contributed by atoms with Gasteiger partial charge in [-0.1, -0.05) is 48.5 Å². The Bertz CT molecular complexity index is 675. The number of hydrogen-bond donors (Lipinski definition) is 1. The first kappa shape index (κ1) is 17.9. The topological polar surface area (TPSA) is 63.1 Å². The number of nitrogens with one attached hydrogen (secondary N) is 1. The molecule has 1 atom stereocenters. The van der Waals surface area contributed by atoms with Crippen molar-refractivity contribution in [1.29, 1.82) is 0 Å². The quantitative estimate of drug-likeness (QED) is 0.606. The van der Waals surface area contributed by atoms with Gasteiger partial charge in [-0.3, -0.25) is 9.69 Å². The highest BCUT2D eigenvalue weighted by Crippen LogP contribution is 2.20. The van der Waals surface area contributed by atoms with Crippen LogP contribution in [-0.4, -0.2) is 50.5 Å². The Labute approximate surface area is 153 Å². The second kappa shape index (κ2) is 9.01.